The van der Waals surface area contributed by atoms with E-state index in [0.29, 0.717) is 31.2 Å². The second kappa shape index (κ2) is 4.84. The predicted molar refractivity (Wildman–Crippen MR) is 40.7 cm³/mol. The molecule has 5 nitrogen and oxygen atoms in total. The average molecular weight is 172 g/mol. The van der Waals surface area contributed by atoms with Gasteiger partial charge in [-0.3, -0.25) is 0 Å². The Balaban J connectivity index is 2.41. The number of aliphatic hydroxyl groups is 1. The maximum Gasteiger partial charge on any atom is 0.228 e. The molecule has 0 aliphatic carbocycles. The van der Waals surface area contributed by atoms with E-state index >= 15 is 0 Å². The molecule has 1 N–H and O–H groups in total. The fourth-order valence-electron chi connectivity index (χ4n) is 0.783. The Morgan fingerprint density at radius 2 is 2.33 bits per heavy atom. The van der Waals surface area contributed by atoms with E-state index in [1.807, 2.05) is 0 Å². The Labute approximate surface area is 70.3 Å². The minimum Gasteiger partial charge on any atom is -0.396 e. The molecule has 1 aromatic heterocycles. The summed E-state index contributed by atoms with van der Waals surface area (Å²) >= 11 is 0. The number of aromatic nitrogens is 2. The van der Waals surface area contributed by atoms with Gasteiger partial charge in [0, 0.05) is 13.5 Å². The molecule has 0 amide bonds. The maximum absolute atomic E-state index is 8.56. The molecule has 1 heterocycles. The smallest absolute Gasteiger partial charge is 0.228 e. The summed E-state index contributed by atoms with van der Waals surface area (Å²) in [6.45, 7) is 0.615. The lowest BCUT2D eigenvalue weighted by molar-refractivity contribution is 0.192. The summed E-state index contributed by atoms with van der Waals surface area (Å²) in [6, 6.07) is 0. The van der Waals surface area contributed by atoms with Crippen LogP contribution < -0.4 is 0 Å². The number of rotatable bonds is 5. The van der Waals surface area contributed by atoms with E-state index in [4.69, 9.17) is 14.4 Å². The lowest BCUT2D eigenvalue weighted by Crippen LogP contribution is -1.96. The highest BCUT2D eigenvalue weighted by Gasteiger charge is 2.04. The maximum atomic E-state index is 8.56. The van der Waals surface area contributed by atoms with Crippen LogP contribution in [0.4, 0.5) is 0 Å². The zero-order valence-corrected chi connectivity index (χ0v) is 6.99. The Morgan fingerprint density at radius 1 is 1.50 bits per heavy atom. The van der Waals surface area contributed by atoms with Crippen LogP contribution in [-0.2, 0) is 17.6 Å². The number of ether oxygens (including phenoxy) is 1. The van der Waals surface area contributed by atoms with Crippen molar-refractivity contribution < 1.29 is 14.4 Å². The largest absolute Gasteiger partial charge is 0.396 e. The van der Waals surface area contributed by atoms with Gasteiger partial charge < -0.3 is 14.4 Å². The molecule has 0 unspecified atom stereocenters. The second-order valence-corrected chi connectivity index (χ2v) is 2.32. The van der Waals surface area contributed by atoms with E-state index in [-0.39, 0.29) is 6.61 Å². The summed E-state index contributed by atoms with van der Waals surface area (Å²) in [5.74, 6) is 1.10. The third-order valence-corrected chi connectivity index (χ3v) is 1.37. The zero-order valence-electron chi connectivity index (χ0n) is 6.99. The van der Waals surface area contributed by atoms with Crippen molar-refractivity contribution in [3.05, 3.63) is 11.7 Å². The van der Waals surface area contributed by atoms with Gasteiger partial charge in [-0.05, 0) is 0 Å². The molecule has 0 spiro atoms. The van der Waals surface area contributed by atoms with Crippen molar-refractivity contribution >= 4 is 0 Å². The van der Waals surface area contributed by atoms with E-state index < -0.39 is 0 Å². The summed E-state index contributed by atoms with van der Waals surface area (Å²) in [7, 11) is 1.62. The van der Waals surface area contributed by atoms with Crippen LogP contribution in [0.1, 0.15) is 11.7 Å². The highest BCUT2D eigenvalue weighted by atomic mass is 16.5. The first-order valence-corrected chi connectivity index (χ1v) is 3.78. The molecule has 0 aliphatic heterocycles. The number of methoxy groups -OCH3 is 1. The van der Waals surface area contributed by atoms with Crippen molar-refractivity contribution in [3.63, 3.8) is 0 Å². The van der Waals surface area contributed by atoms with Gasteiger partial charge >= 0.3 is 0 Å². The van der Waals surface area contributed by atoms with Crippen molar-refractivity contribution in [1.29, 1.82) is 0 Å². The predicted octanol–water partition coefficient (Wildman–Crippen LogP) is -0.207. The number of nitrogens with zero attached hydrogens (tertiary/aromatic N) is 2. The van der Waals surface area contributed by atoms with Crippen molar-refractivity contribution in [2.75, 3.05) is 20.3 Å². The monoisotopic (exact) mass is 172 g/mol. The summed E-state index contributed by atoms with van der Waals surface area (Å²) in [5, 5.41) is 12.2. The second-order valence-electron chi connectivity index (χ2n) is 2.32. The van der Waals surface area contributed by atoms with Crippen molar-refractivity contribution in [2.45, 2.75) is 12.8 Å². The standard InChI is InChI=1S/C7H12N2O3/c1-11-5-3-7-8-6(2-4-10)9-12-7/h10H,2-5H2,1H3. The molecule has 0 bridgehead atoms. The van der Waals surface area contributed by atoms with Gasteiger partial charge in [0.15, 0.2) is 5.82 Å². The van der Waals surface area contributed by atoms with Crippen LogP contribution >= 0.6 is 0 Å². The molecule has 0 aliphatic rings. The molecule has 0 saturated heterocycles. The molecule has 68 valence electrons. The third kappa shape index (κ3) is 2.60. The Hall–Kier alpha value is -0.940. The van der Waals surface area contributed by atoms with E-state index in [1.54, 1.807) is 7.11 Å². The lowest BCUT2D eigenvalue weighted by atomic mass is 10.4. The van der Waals surface area contributed by atoms with Crippen LogP contribution in [0.2, 0.25) is 0 Å². The van der Waals surface area contributed by atoms with E-state index in [9.17, 15) is 0 Å². The SMILES string of the molecule is COCCc1nc(CCO)no1. The van der Waals surface area contributed by atoms with Crippen LogP contribution in [0.25, 0.3) is 0 Å². The molecule has 0 aromatic carbocycles. The van der Waals surface area contributed by atoms with E-state index in [2.05, 4.69) is 10.1 Å². The molecule has 5 heteroatoms. The van der Waals surface area contributed by atoms with Crippen LogP contribution in [0.5, 0.6) is 0 Å². The molecule has 12 heavy (non-hydrogen) atoms. The number of hydrogen-bond donors (Lipinski definition) is 1. The molecule has 0 fully saturated rings. The van der Waals surface area contributed by atoms with Gasteiger partial charge in [-0.1, -0.05) is 5.16 Å². The highest BCUT2D eigenvalue weighted by Crippen LogP contribution is 1.98. The molecular formula is C7H12N2O3. The van der Waals surface area contributed by atoms with Gasteiger partial charge in [0.05, 0.1) is 19.6 Å². The van der Waals surface area contributed by atoms with Gasteiger partial charge in [-0.2, -0.15) is 4.98 Å². The van der Waals surface area contributed by atoms with Gasteiger partial charge in [0.1, 0.15) is 0 Å². The zero-order chi connectivity index (χ0) is 8.81. The van der Waals surface area contributed by atoms with Gasteiger partial charge in [0.2, 0.25) is 5.89 Å². The molecule has 0 atom stereocenters. The van der Waals surface area contributed by atoms with Crippen molar-refractivity contribution in [1.82, 2.24) is 10.1 Å². The van der Waals surface area contributed by atoms with Crippen LogP contribution in [0, 0.1) is 0 Å². The Kier molecular flexibility index (Phi) is 3.69. The fourth-order valence-corrected chi connectivity index (χ4v) is 0.783. The molecule has 0 saturated carbocycles. The van der Waals surface area contributed by atoms with E-state index in [1.165, 1.54) is 0 Å². The lowest BCUT2D eigenvalue weighted by Gasteiger charge is -1.90. The van der Waals surface area contributed by atoms with E-state index in [0.717, 1.165) is 0 Å². The topological polar surface area (TPSA) is 68.4 Å². The fraction of sp³-hybridized carbons (Fsp3) is 0.714. The number of aliphatic hydroxyl groups excluding tert-OH is 1. The normalized spacial score (nSPS) is 10.5. The minimum atomic E-state index is 0.0449. The van der Waals surface area contributed by atoms with Crippen LogP contribution in [-0.4, -0.2) is 35.6 Å². The molecule has 0 radical (unpaired) electrons. The highest BCUT2D eigenvalue weighted by molar-refractivity contribution is 4.86. The summed E-state index contributed by atoms with van der Waals surface area (Å²) in [6.07, 6.45) is 1.06. The van der Waals surface area contributed by atoms with Crippen molar-refractivity contribution in [2.24, 2.45) is 0 Å². The third-order valence-electron chi connectivity index (χ3n) is 1.37. The summed E-state index contributed by atoms with van der Waals surface area (Å²) in [4.78, 5) is 4.02. The summed E-state index contributed by atoms with van der Waals surface area (Å²) in [5.41, 5.74) is 0. The van der Waals surface area contributed by atoms with Crippen LogP contribution in [0.3, 0.4) is 0 Å². The quantitative estimate of drug-likeness (QED) is 0.665. The average Bonchev–Trinajstić information content (AvgIpc) is 2.50. The first kappa shape index (κ1) is 9.15. The van der Waals surface area contributed by atoms with Gasteiger partial charge in [0.25, 0.3) is 0 Å². The Morgan fingerprint density at radius 3 is 3.00 bits per heavy atom. The molecular weight excluding hydrogens is 160 g/mol. The first-order valence-electron chi connectivity index (χ1n) is 3.78. The van der Waals surface area contributed by atoms with Crippen molar-refractivity contribution in [3.8, 4) is 0 Å². The first-order chi connectivity index (χ1) is 5.86. The summed E-state index contributed by atoms with van der Waals surface area (Å²) < 4.78 is 9.70. The Bertz CT molecular complexity index is 224. The molecule has 1 rings (SSSR count). The molecule has 1 aromatic rings. The minimum absolute atomic E-state index is 0.0449. The van der Waals surface area contributed by atoms with Gasteiger partial charge in [-0.15, -0.1) is 0 Å². The number of hydrogen-bond acceptors (Lipinski definition) is 5. The van der Waals surface area contributed by atoms with Crippen LogP contribution in [0.15, 0.2) is 4.52 Å². The van der Waals surface area contributed by atoms with Gasteiger partial charge in [-0.25, -0.2) is 0 Å².